The van der Waals surface area contributed by atoms with Gasteiger partial charge in [-0.2, -0.15) is 0 Å². The van der Waals surface area contributed by atoms with Gasteiger partial charge < -0.3 is 14.7 Å². The lowest BCUT2D eigenvalue weighted by Crippen LogP contribution is -2.29. The molecule has 1 aliphatic heterocycles. The average Bonchev–Trinajstić information content (AvgIpc) is 3.22. The number of carbonyl (C=O) groups excluding carboxylic acids is 2. The Labute approximate surface area is 234 Å². The number of likely N-dealkylation sites (tertiary alicyclic amines) is 1. The fourth-order valence-electron chi connectivity index (χ4n) is 4.94. The Kier molecular flexibility index (Phi) is 7.78. The highest BCUT2D eigenvalue weighted by molar-refractivity contribution is 6.46. The zero-order valence-electron chi connectivity index (χ0n) is 22.9. The van der Waals surface area contributed by atoms with Gasteiger partial charge in [-0.15, -0.1) is 0 Å². The Morgan fingerprint density at radius 1 is 0.925 bits per heavy atom. The van der Waals surface area contributed by atoms with E-state index in [4.69, 9.17) is 4.74 Å². The number of benzene rings is 3. The van der Waals surface area contributed by atoms with E-state index in [0.29, 0.717) is 23.8 Å². The fourth-order valence-corrected chi connectivity index (χ4v) is 4.94. The van der Waals surface area contributed by atoms with Gasteiger partial charge in [0.25, 0.3) is 11.7 Å². The molecule has 4 aromatic rings. The summed E-state index contributed by atoms with van der Waals surface area (Å²) in [6.45, 7) is 6.89. The van der Waals surface area contributed by atoms with Crippen molar-refractivity contribution in [1.29, 1.82) is 0 Å². The number of ketones is 1. The first kappa shape index (κ1) is 26.9. The number of aliphatic hydroxyl groups excluding tert-OH is 1. The normalized spacial score (nSPS) is 16.5. The van der Waals surface area contributed by atoms with Crippen LogP contribution in [0.1, 0.15) is 59.2 Å². The summed E-state index contributed by atoms with van der Waals surface area (Å²) < 4.78 is 5.94. The summed E-state index contributed by atoms with van der Waals surface area (Å²) in [5.41, 5.74) is 5.50. The van der Waals surface area contributed by atoms with Crippen molar-refractivity contribution >= 4 is 17.4 Å². The third-order valence-corrected chi connectivity index (χ3v) is 7.34. The van der Waals surface area contributed by atoms with E-state index in [-0.39, 0.29) is 17.9 Å². The topological polar surface area (TPSA) is 79.7 Å². The molecule has 1 N–H and O–H groups in total. The molecule has 6 nitrogen and oxygen atoms in total. The van der Waals surface area contributed by atoms with Crippen LogP contribution in [0.25, 0.3) is 5.76 Å². The van der Waals surface area contributed by atoms with Crippen molar-refractivity contribution in [3.05, 3.63) is 136 Å². The Morgan fingerprint density at radius 2 is 1.60 bits per heavy atom. The SMILES string of the molecule is Cc1ccccc1COc1ccc(/C(O)=C2\C(=O)C(=O)N(Cc3ccncc3)C2c2ccc(C(C)C)cc2)cc1. The number of aromatic nitrogens is 1. The number of pyridine rings is 1. The van der Waals surface area contributed by atoms with E-state index >= 15 is 0 Å². The lowest BCUT2D eigenvalue weighted by atomic mass is 9.93. The maximum absolute atomic E-state index is 13.4. The van der Waals surface area contributed by atoms with Gasteiger partial charge in [0.2, 0.25) is 0 Å². The smallest absolute Gasteiger partial charge is 0.295 e. The first-order chi connectivity index (χ1) is 19.3. The molecule has 1 saturated heterocycles. The number of hydrogen-bond acceptors (Lipinski definition) is 5. The molecule has 6 heteroatoms. The second kappa shape index (κ2) is 11.6. The molecule has 1 amide bonds. The molecule has 0 spiro atoms. The summed E-state index contributed by atoms with van der Waals surface area (Å²) >= 11 is 0. The van der Waals surface area contributed by atoms with E-state index in [1.807, 2.05) is 67.6 Å². The van der Waals surface area contributed by atoms with Crippen LogP contribution >= 0.6 is 0 Å². The molecule has 2 heterocycles. The van der Waals surface area contributed by atoms with E-state index in [1.165, 1.54) is 4.90 Å². The molecular weight excluding hydrogens is 500 g/mol. The number of hydrogen-bond donors (Lipinski definition) is 1. The molecule has 0 saturated carbocycles. The molecule has 202 valence electrons. The molecule has 1 aliphatic rings. The van der Waals surface area contributed by atoms with E-state index < -0.39 is 17.7 Å². The molecule has 40 heavy (non-hydrogen) atoms. The predicted octanol–water partition coefficient (Wildman–Crippen LogP) is 6.71. The van der Waals surface area contributed by atoms with Crippen molar-refractivity contribution in [2.24, 2.45) is 0 Å². The van der Waals surface area contributed by atoms with Gasteiger partial charge in [-0.05, 0) is 77.1 Å². The Balaban J connectivity index is 1.48. The lowest BCUT2D eigenvalue weighted by molar-refractivity contribution is -0.140. The molecule has 5 rings (SSSR count). The van der Waals surface area contributed by atoms with Gasteiger partial charge in [-0.3, -0.25) is 14.6 Å². The van der Waals surface area contributed by atoms with Crippen molar-refractivity contribution in [3.8, 4) is 5.75 Å². The maximum atomic E-state index is 13.4. The molecule has 1 unspecified atom stereocenters. The molecule has 0 aliphatic carbocycles. The second-order valence-electron chi connectivity index (χ2n) is 10.3. The first-order valence-corrected chi connectivity index (χ1v) is 13.4. The van der Waals surface area contributed by atoms with Crippen molar-refractivity contribution in [2.75, 3.05) is 0 Å². The van der Waals surface area contributed by atoms with Crippen LogP contribution in [0.4, 0.5) is 0 Å². The van der Waals surface area contributed by atoms with E-state index in [1.54, 1.807) is 36.7 Å². The quantitative estimate of drug-likeness (QED) is 0.155. The minimum absolute atomic E-state index is 0.0740. The van der Waals surface area contributed by atoms with Gasteiger partial charge in [-0.25, -0.2) is 0 Å². The Hall–Kier alpha value is -4.71. The molecule has 3 aromatic carbocycles. The number of aryl methyl sites for hydroxylation is 1. The molecular formula is C34H32N2O4. The number of Topliss-reactive ketones (excluding diaryl/α,β-unsaturated/α-hetero) is 1. The lowest BCUT2D eigenvalue weighted by Gasteiger charge is -2.25. The standard InChI is InChI=1S/C34H32N2O4/c1-22(2)25-8-10-26(11-9-25)31-30(33(38)34(39)36(31)20-24-16-18-35-19-17-24)32(37)27-12-14-29(15-13-27)40-21-28-7-5-4-6-23(28)3/h4-19,22,31,37H,20-21H2,1-3H3/b32-30+. The van der Waals surface area contributed by atoms with Crippen LogP contribution in [0.5, 0.6) is 5.75 Å². The van der Waals surface area contributed by atoms with Gasteiger partial charge in [-0.1, -0.05) is 62.4 Å². The van der Waals surface area contributed by atoms with Crippen LogP contribution in [0.2, 0.25) is 0 Å². The van der Waals surface area contributed by atoms with Gasteiger partial charge in [0.15, 0.2) is 0 Å². The van der Waals surface area contributed by atoms with Gasteiger partial charge in [0, 0.05) is 24.5 Å². The van der Waals surface area contributed by atoms with Crippen LogP contribution in [-0.4, -0.2) is 26.7 Å². The number of carbonyl (C=O) groups is 2. The van der Waals surface area contributed by atoms with Crippen LogP contribution in [-0.2, 0) is 22.7 Å². The average molecular weight is 533 g/mol. The number of ether oxygens (including phenoxy) is 1. The van der Waals surface area contributed by atoms with Crippen LogP contribution < -0.4 is 4.74 Å². The monoisotopic (exact) mass is 532 g/mol. The maximum Gasteiger partial charge on any atom is 0.295 e. The third kappa shape index (κ3) is 5.52. The van der Waals surface area contributed by atoms with Crippen LogP contribution in [0.15, 0.2) is 103 Å². The minimum atomic E-state index is -0.730. The van der Waals surface area contributed by atoms with Crippen LogP contribution in [0.3, 0.4) is 0 Å². The summed E-state index contributed by atoms with van der Waals surface area (Å²) in [7, 11) is 0. The highest BCUT2D eigenvalue weighted by Gasteiger charge is 2.46. The minimum Gasteiger partial charge on any atom is -0.507 e. The zero-order chi connectivity index (χ0) is 28.2. The number of nitrogens with zero attached hydrogens (tertiary/aromatic N) is 2. The van der Waals surface area contributed by atoms with Crippen molar-refractivity contribution in [1.82, 2.24) is 9.88 Å². The first-order valence-electron chi connectivity index (χ1n) is 13.4. The van der Waals surface area contributed by atoms with Gasteiger partial charge in [0.05, 0.1) is 11.6 Å². The predicted molar refractivity (Wildman–Crippen MR) is 155 cm³/mol. The number of amides is 1. The molecule has 0 radical (unpaired) electrons. The summed E-state index contributed by atoms with van der Waals surface area (Å²) in [5, 5.41) is 11.4. The summed E-state index contributed by atoms with van der Waals surface area (Å²) in [4.78, 5) is 32.3. The molecule has 1 atom stereocenters. The number of rotatable bonds is 8. The third-order valence-electron chi connectivity index (χ3n) is 7.34. The summed E-state index contributed by atoms with van der Waals surface area (Å²) in [5.74, 6) is -0.583. The molecule has 0 bridgehead atoms. The van der Waals surface area contributed by atoms with E-state index in [2.05, 4.69) is 18.8 Å². The molecule has 1 aromatic heterocycles. The Morgan fingerprint density at radius 3 is 2.25 bits per heavy atom. The van der Waals surface area contributed by atoms with Gasteiger partial charge in [0.1, 0.15) is 18.1 Å². The largest absolute Gasteiger partial charge is 0.507 e. The van der Waals surface area contributed by atoms with E-state index in [9.17, 15) is 14.7 Å². The van der Waals surface area contributed by atoms with Crippen molar-refractivity contribution in [2.45, 2.75) is 45.9 Å². The summed E-state index contributed by atoms with van der Waals surface area (Å²) in [6, 6.07) is 25.7. The van der Waals surface area contributed by atoms with Crippen LogP contribution in [0, 0.1) is 6.92 Å². The summed E-state index contributed by atoms with van der Waals surface area (Å²) in [6.07, 6.45) is 3.31. The second-order valence-corrected chi connectivity index (χ2v) is 10.3. The zero-order valence-corrected chi connectivity index (χ0v) is 22.9. The van der Waals surface area contributed by atoms with Crippen molar-refractivity contribution < 1.29 is 19.4 Å². The highest BCUT2D eigenvalue weighted by atomic mass is 16.5. The molecule has 1 fully saturated rings. The van der Waals surface area contributed by atoms with E-state index in [0.717, 1.165) is 27.8 Å². The number of aliphatic hydroxyl groups is 1. The van der Waals surface area contributed by atoms with Gasteiger partial charge >= 0.3 is 0 Å². The highest BCUT2D eigenvalue weighted by Crippen LogP contribution is 2.40. The van der Waals surface area contributed by atoms with Crippen molar-refractivity contribution in [3.63, 3.8) is 0 Å². The fraction of sp³-hybridized carbons (Fsp3) is 0.206. The Bertz CT molecular complexity index is 1540.